The molecule has 0 aliphatic carbocycles. The normalized spacial score (nSPS) is 11.2. The summed E-state index contributed by atoms with van der Waals surface area (Å²) in [6.07, 6.45) is 6.18. The van der Waals surface area contributed by atoms with Crippen molar-refractivity contribution < 1.29 is 9.18 Å². The van der Waals surface area contributed by atoms with Crippen molar-refractivity contribution in [2.45, 2.75) is 6.42 Å². The lowest BCUT2D eigenvalue weighted by atomic mass is 10.1. The molecule has 10 heteroatoms. The zero-order valence-corrected chi connectivity index (χ0v) is 18.2. The Balaban J connectivity index is 1.28. The van der Waals surface area contributed by atoms with E-state index in [0.29, 0.717) is 22.8 Å². The third-order valence-corrected chi connectivity index (χ3v) is 5.64. The molecule has 0 amide bonds. The molecule has 0 spiro atoms. The van der Waals surface area contributed by atoms with Crippen LogP contribution in [0.15, 0.2) is 73.3 Å². The van der Waals surface area contributed by atoms with Crippen LogP contribution in [0.1, 0.15) is 16.1 Å². The highest BCUT2D eigenvalue weighted by Crippen LogP contribution is 2.26. The van der Waals surface area contributed by atoms with Crippen molar-refractivity contribution in [3.63, 3.8) is 0 Å². The highest BCUT2D eigenvalue weighted by atomic mass is 19.1. The second-order valence-corrected chi connectivity index (χ2v) is 8.02. The number of fused-ring (bicyclic) bond motifs is 2. The standard InChI is InChI=1S/C25H17FN8O/c26-19-13-27-24(33-25(19)31-18-3-4-20-17(8-18)12-30-34-20)16-2-1-15-9-22(32-21(15)10-16)23(35)7-14-5-6-28-29-11-14/h1-6,8-13,32H,7H2,(H,30,34)(H,27,31,33). The number of hydrogen-bond donors (Lipinski definition) is 3. The van der Waals surface area contributed by atoms with E-state index < -0.39 is 5.82 Å². The average Bonchev–Trinajstić information content (AvgIpc) is 3.52. The summed E-state index contributed by atoms with van der Waals surface area (Å²) in [6, 6.07) is 14.6. The smallest absolute Gasteiger partial charge is 0.184 e. The number of nitrogens with zero attached hydrogens (tertiary/aromatic N) is 5. The molecular formula is C25H17FN8O. The van der Waals surface area contributed by atoms with Gasteiger partial charge in [0, 0.05) is 40.2 Å². The molecule has 0 aliphatic rings. The zero-order chi connectivity index (χ0) is 23.8. The minimum absolute atomic E-state index is 0.0603. The maximum Gasteiger partial charge on any atom is 0.184 e. The molecule has 0 fully saturated rings. The number of anilines is 2. The number of benzene rings is 2. The van der Waals surface area contributed by atoms with E-state index in [-0.39, 0.29) is 18.0 Å². The van der Waals surface area contributed by atoms with Gasteiger partial charge in [0.25, 0.3) is 0 Å². The number of H-pyrrole nitrogens is 2. The Morgan fingerprint density at radius 2 is 1.89 bits per heavy atom. The molecule has 4 aromatic heterocycles. The van der Waals surface area contributed by atoms with Gasteiger partial charge < -0.3 is 10.3 Å². The van der Waals surface area contributed by atoms with Crippen LogP contribution in [0.2, 0.25) is 0 Å². The Morgan fingerprint density at radius 1 is 0.943 bits per heavy atom. The summed E-state index contributed by atoms with van der Waals surface area (Å²) in [5.74, 6) is -0.216. The molecule has 35 heavy (non-hydrogen) atoms. The highest BCUT2D eigenvalue weighted by Gasteiger charge is 2.14. The fourth-order valence-corrected chi connectivity index (χ4v) is 3.87. The van der Waals surface area contributed by atoms with Crippen LogP contribution in [0, 0.1) is 5.82 Å². The number of aromatic amines is 2. The van der Waals surface area contributed by atoms with Gasteiger partial charge in [0.2, 0.25) is 0 Å². The van der Waals surface area contributed by atoms with E-state index in [0.717, 1.165) is 33.6 Å². The summed E-state index contributed by atoms with van der Waals surface area (Å²) in [7, 11) is 0. The van der Waals surface area contributed by atoms with E-state index in [9.17, 15) is 9.18 Å². The van der Waals surface area contributed by atoms with Crippen molar-refractivity contribution in [3.05, 3.63) is 90.4 Å². The van der Waals surface area contributed by atoms with Gasteiger partial charge in [-0.1, -0.05) is 12.1 Å². The first-order chi connectivity index (χ1) is 17.1. The fraction of sp³-hybridized carbons (Fsp3) is 0.0400. The lowest BCUT2D eigenvalue weighted by Gasteiger charge is -2.08. The molecule has 0 radical (unpaired) electrons. The molecule has 0 atom stereocenters. The third-order valence-electron chi connectivity index (χ3n) is 5.64. The van der Waals surface area contributed by atoms with Crippen LogP contribution >= 0.6 is 0 Å². The summed E-state index contributed by atoms with van der Waals surface area (Å²) in [5, 5.41) is 19.2. The van der Waals surface area contributed by atoms with Gasteiger partial charge in [0.05, 0.1) is 29.8 Å². The maximum absolute atomic E-state index is 14.5. The predicted octanol–water partition coefficient (Wildman–Crippen LogP) is 4.60. The van der Waals surface area contributed by atoms with E-state index in [4.69, 9.17) is 0 Å². The third kappa shape index (κ3) is 4.08. The van der Waals surface area contributed by atoms with E-state index in [2.05, 4.69) is 40.7 Å². The molecule has 6 aromatic rings. The fourth-order valence-electron chi connectivity index (χ4n) is 3.87. The largest absolute Gasteiger partial charge is 0.352 e. The van der Waals surface area contributed by atoms with Crippen LogP contribution in [-0.4, -0.2) is 41.1 Å². The summed E-state index contributed by atoms with van der Waals surface area (Å²) in [4.78, 5) is 24.4. The zero-order valence-electron chi connectivity index (χ0n) is 18.2. The number of carbonyl (C=O) groups excluding carboxylic acids is 1. The molecule has 9 nitrogen and oxygen atoms in total. The Kier molecular flexibility index (Phi) is 4.95. The van der Waals surface area contributed by atoms with E-state index in [1.165, 1.54) is 0 Å². The number of carbonyl (C=O) groups is 1. The first kappa shape index (κ1) is 20.6. The van der Waals surface area contributed by atoms with Gasteiger partial charge in [-0.15, -0.1) is 0 Å². The van der Waals surface area contributed by atoms with Gasteiger partial charge in [-0.25, -0.2) is 14.4 Å². The van der Waals surface area contributed by atoms with Crippen LogP contribution in [0.25, 0.3) is 33.2 Å². The van der Waals surface area contributed by atoms with Gasteiger partial charge in [0.1, 0.15) is 0 Å². The molecule has 0 saturated carbocycles. The molecule has 6 rings (SSSR count). The molecule has 3 N–H and O–H groups in total. The highest BCUT2D eigenvalue weighted by molar-refractivity contribution is 6.01. The number of nitrogens with one attached hydrogen (secondary N) is 3. The van der Waals surface area contributed by atoms with E-state index in [1.54, 1.807) is 30.7 Å². The van der Waals surface area contributed by atoms with Crippen molar-refractivity contribution in [1.29, 1.82) is 0 Å². The van der Waals surface area contributed by atoms with Crippen molar-refractivity contribution >= 4 is 39.1 Å². The summed E-state index contributed by atoms with van der Waals surface area (Å²) < 4.78 is 14.5. The second kappa shape index (κ2) is 8.41. The molecule has 0 saturated heterocycles. The lowest BCUT2D eigenvalue weighted by molar-refractivity contribution is 0.0989. The first-order valence-corrected chi connectivity index (χ1v) is 10.8. The van der Waals surface area contributed by atoms with Gasteiger partial charge in [-0.2, -0.15) is 15.3 Å². The van der Waals surface area contributed by atoms with Crippen molar-refractivity contribution in [1.82, 2.24) is 35.3 Å². The monoisotopic (exact) mass is 464 g/mol. The number of halogens is 1. The Morgan fingerprint density at radius 3 is 2.77 bits per heavy atom. The Hall–Kier alpha value is -4.99. The van der Waals surface area contributed by atoms with Crippen molar-refractivity contribution in [2.75, 3.05) is 5.32 Å². The SMILES string of the molecule is O=C(Cc1ccnnc1)c1cc2ccc(-c3ncc(F)c(Nc4ccc5[nH]ncc5c4)n3)cc2[nH]1. The minimum Gasteiger partial charge on any atom is -0.352 e. The summed E-state index contributed by atoms with van der Waals surface area (Å²) in [5.41, 5.74) is 4.28. The van der Waals surface area contributed by atoms with Crippen LogP contribution in [-0.2, 0) is 6.42 Å². The molecular weight excluding hydrogens is 447 g/mol. The average molecular weight is 464 g/mol. The molecule has 0 aliphatic heterocycles. The number of aromatic nitrogens is 7. The summed E-state index contributed by atoms with van der Waals surface area (Å²) in [6.45, 7) is 0. The number of Topliss-reactive ketones (excluding diaryl/α,β-unsaturated/α-hetero) is 1. The molecule has 4 heterocycles. The van der Waals surface area contributed by atoms with Crippen LogP contribution in [0.5, 0.6) is 0 Å². The molecule has 2 aromatic carbocycles. The number of rotatable bonds is 6. The van der Waals surface area contributed by atoms with Gasteiger partial charge >= 0.3 is 0 Å². The first-order valence-electron chi connectivity index (χ1n) is 10.8. The van der Waals surface area contributed by atoms with E-state index in [1.807, 2.05) is 36.4 Å². The minimum atomic E-state index is -0.569. The second-order valence-electron chi connectivity index (χ2n) is 8.02. The molecule has 0 bridgehead atoms. The topological polar surface area (TPSA) is 125 Å². The van der Waals surface area contributed by atoms with Gasteiger partial charge in [0.15, 0.2) is 23.2 Å². The Labute approximate surface area is 197 Å². The number of ketones is 1. The quantitative estimate of drug-likeness (QED) is 0.308. The predicted molar refractivity (Wildman–Crippen MR) is 129 cm³/mol. The van der Waals surface area contributed by atoms with Gasteiger partial charge in [-0.3, -0.25) is 9.89 Å². The van der Waals surface area contributed by atoms with E-state index >= 15 is 0 Å². The molecule has 0 unspecified atom stereocenters. The Bertz CT molecular complexity index is 1690. The van der Waals surface area contributed by atoms with Crippen molar-refractivity contribution in [3.8, 4) is 11.4 Å². The van der Waals surface area contributed by atoms with Crippen molar-refractivity contribution in [2.24, 2.45) is 0 Å². The molecule has 170 valence electrons. The van der Waals surface area contributed by atoms with Crippen LogP contribution < -0.4 is 5.32 Å². The number of hydrogen-bond acceptors (Lipinski definition) is 7. The van der Waals surface area contributed by atoms with Crippen LogP contribution in [0.3, 0.4) is 0 Å². The van der Waals surface area contributed by atoms with Crippen LogP contribution in [0.4, 0.5) is 15.9 Å². The van der Waals surface area contributed by atoms with Gasteiger partial charge in [-0.05, 0) is 42.0 Å². The summed E-state index contributed by atoms with van der Waals surface area (Å²) >= 11 is 0. The lowest BCUT2D eigenvalue weighted by Crippen LogP contribution is -2.04. The maximum atomic E-state index is 14.5.